The first-order valence-corrected chi connectivity index (χ1v) is 7.78. The van der Waals surface area contributed by atoms with Gasteiger partial charge in [0.1, 0.15) is 18.5 Å². The molecule has 5 heteroatoms. The number of ether oxygens (including phenoxy) is 1. The van der Waals surface area contributed by atoms with Gasteiger partial charge in [0.25, 0.3) is 0 Å². The smallest absolute Gasteiger partial charge is 0.138 e. The number of hydrogen-bond acceptors (Lipinski definition) is 3. The topological polar surface area (TPSA) is 32.7 Å². The van der Waals surface area contributed by atoms with Gasteiger partial charge in [0.15, 0.2) is 0 Å². The van der Waals surface area contributed by atoms with Crippen LogP contribution < -0.4 is 4.74 Å². The second kappa shape index (κ2) is 7.51. The van der Waals surface area contributed by atoms with Crippen LogP contribution in [-0.2, 0) is 0 Å². The molecule has 1 aromatic carbocycles. The van der Waals surface area contributed by atoms with Crippen LogP contribution >= 0.6 is 23.2 Å². The van der Waals surface area contributed by atoms with Crippen LogP contribution in [0.15, 0.2) is 18.2 Å². The molecule has 1 N–H and O–H groups in total. The molecule has 1 fully saturated rings. The van der Waals surface area contributed by atoms with Crippen LogP contribution in [0.25, 0.3) is 0 Å². The van der Waals surface area contributed by atoms with Crippen molar-refractivity contribution >= 4 is 23.2 Å². The van der Waals surface area contributed by atoms with Gasteiger partial charge in [0.2, 0.25) is 0 Å². The van der Waals surface area contributed by atoms with Crippen molar-refractivity contribution < 1.29 is 9.84 Å². The Hall–Kier alpha value is -0.480. The summed E-state index contributed by atoms with van der Waals surface area (Å²) in [5.41, 5.74) is 0. The molecular formula is C15H21Cl2NO2. The second-order valence-electron chi connectivity index (χ2n) is 5.52. The normalized spacial score (nSPS) is 19.0. The summed E-state index contributed by atoms with van der Waals surface area (Å²) in [5.74, 6) is 1.36. The Morgan fingerprint density at radius 3 is 2.70 bits per heavy atom. The lowest BCUT2D eigenvalue weighted by Gasteiger charge is -2.31. The van der Waals surface area contributed by atoms with Crippen molar-refractivity contribution in [1.82, 2.24) is 4.90 Å². The van der Waals surface area contributed by atoms with E-state index < -0.39 is 6.10 Å². The Morgan fingerprint density at radius 2 is 2.05 bits per heavy atom. The zero-order valence-electron chi connectivity index (χ0n) is 11.7. The maximum Gasteiger partial charge on any atom is 0.138 e. The number of aliphatic hydroxyl groups excluding tert-OH is 1. The highest BCUT2D eigenvalue weighted by Crippen LogP contribution is 2.27. The van der Waals surface area contributed by atoms with Crippen molar-refractivity contribution in [1.29, 1.82) is 0 Å². The molecule has 112 valence electrons. The van der Waals surface area contributed by atoms with E-state index in [4.69, 9.17) is 27.9 Å². The van der Waals surface area contributed by atoms with Crippen LogP contribution in [0.1, 0.15) is 19.8 Å². The van der Waals surface area contributed by atoms with Gasteiger partial charge in [-0.15, -0.1) is 0 Å². The molecule has 1 aromatic rings. The lowest BCUT2D eigenvalue weighted by Crippen LogP contribution is -2.40. The van der Waals surface area contributed by atoms with Gasteiger partial charge < -0.3 is 14.7 Å². The van der Waals surface area contributed by atoms with E-state index in [9.17, 15) is 5.11 Å². The summed E-state index contributed by atoms with van der Waals surface area (Å²) in [7, 11) is 0. The van der Waals surface area contributed by atoms with Gasteiger partial charge in [-0.2, -0.15) is 0 Å². The quantitative estimate of drug-likeness (QED) is 0.902. The van der Waals surface area contributed by atoms with Crippen molar-refractivity contribution in [2.75, 3.05) is 26.2 Å². The lowest BCUT2D eigenvalue weighted by molar-refractivity contribution is 0.0563. The van der Waals surface area contributed by atoms with Gasteiger partial charge in [-0.25, -0.2) is 0 Å². The molecule has 1 heterocycles. The van der Waals surface area contributed by atoms with E-state index in [0.29, 0.717) is 22.3 Å². The van der Waals surface area contributed by atoms with Crippen LogP contribution in [0.4, 0.5) is 0 Å². The highest BCUT2D eigenvalue weighted by molar-refractivity contribution is 6.35. The van der Waals surface area contributed by atoms with Crippen LogP contribution in [0, 0.1) is 5.92 Å². The van der Waals surface area contributed by atoms with Crippen molar-refractivity contribution in [3.63, 3.8) is 0 Å². The molecule has 1 saturated heterocycles. The fourth-order valence-electron chi connectivity index (χ4n) is 2.37. The van der Waals surface area contributed by atoms with Crippen LogP contribution in [0.2, 0.25) is 10.0 Å². The van der Waals surface area contributed by atoms with Crippen LogP contribution in [0.5, 0.6) is 5.75 Å². The first kappa shape index (κ1) is 15.9. The molecule has 0 aliphatic carbocycles. The van der Waals surface area contributed by atoms with Gasteiger partial charge >= 0.3 is 0 Å². The predicted octanol–water partition coefficient (Wildman–Crippen LogP) is 3.47. The summed E-state index contributed by atoms with van der Waals surface area (Å²) in [4.78, 5) is 2.29. The third-order valence-corrected chi connectivity index (χ3v) is 4.20. The van der Waals surface area contributed by atoms with E-state index in [0.717, 1.165) is 19.0 Å². The molecule has 0 amide bonds. The zero-order chi connectivity index (χ0) is 14.5. The van der Waals surface area contributed by atoms with E-state index >= 15 is 0 Å². The van der Waals surface area contributed by atoms with Gasteiger partial charge in [-0.1, -0.05) is 30.1 Å². The maximum atomic E-state index is 10.0. The van der Waals surface area contributed by atoms with E-state index in [-0.39, 0.29) is 6.61 Å². The number of β-amino-alcohol motifs (C(OH)–C–C–N with tert-alkyl or cyclic N) is 1. The monoisotopic (exact) mass is 317 g/mol. The van der Waals surface area contributed by atoms with Crippen molar-refractivity contribution in [3.8, 4) is 5.75 Å². The summed E-state index contributed by atoms with van der Waals surface area (Å²) in [6.45, 7) is 5.28. The van der Waals surface area contributed by atoms with Crippen molar-refractivity contribution in [2.24, 2.45) is 5.92 Å². The minimum Gasteiger partial charge on any atom is -0.489 e. The molecule has 2 rings (SSSR count). The Bertz CT molecular complexity index is 434. The Morgan fingerprint density at radius 1 is 1.35 bits per heavy atom. The fourth-order valence-corrected chi connectivity index (χ4v) is 2.84. The molecule has 1 aliphatic heterocycles. The minimum atomic E-state index is -0.504. The molecule has 1 atom stereocenters. The maximum absolute atomic E-state index is 10.0. The third kappa shape index (κ3) is 4.81. The number of aliphatic hydroxyl groups is 1. The molecule has 0 saturated carbocycles. The highest BCUT2D eigenvalue weighted by Gasteiger charge is 2.18. The van der Waals surface area contributed by atoms with E-state index in [1.807, 2.05) is 0 Å². The van der Waals surface area contributed by atoms with Crippen LogP contribution in [0.3, 0.4) is 0 Å². The number of piperidine rings is 1. The van der Waals surface area contributed by atoms with Gasteiger partial charge in [-0.05, 0) is 50.0 Å². The zero-order valence-corrected chi connectivity index (χ0v) is 13.2. The third-order valence-electron chi connectivity index (χ3n) is 3.67. The molecule has 3 nitrogen and oxygen atoms in total. The van der Waals surface area contributed by atoms with Gasteiger partial charge in [0.05, 0.1) is 5.02 Å². The number of rotatable bonds is 5. The predicted molar refractivity (Wildman–Crippen MR) is 82.8 cm³/mol. The molecular weight excluding hydrogens is 297 g/mol. The Labute approximate surface area is 130 Å². The summed E-state index contributed by atoms with van der Waals surface area (Å²) in [6.07, 6.45) is 1.91. The summed E-state index contributed by atoms with van der Waals surface area (Å²) in [5, 5.41) is 11.1. The fraction of sp³-hybridized carbons (Fsp3) is 0.600. The molecule has 20 heavy (non-hydrogen) atoms. The highest BCUT2D eigenvalue weighted by atomic mass is 35.5. The summed E-state index contributed by atoms with van der Waals surface area (Å²) in [6, 6.07) is 5.08. The summed E-state index contributed by atoms with van der Waals surface area (Å²) < 4.78 is 5.55. The average Bonchev–Trinajstić information content (AvgIpc) is 2.40. The number of hydrogen-bond donors (Lipinski definition) is 1. The second-order valence-corrected chi connectivity index (χ2v) is 6.37. The standard InChI is InChI=1S/C15H21Cl2NO2/c1-11-4-6-18(7-5-11)9-13(19)10-20-15-3-2-12(16)8-14(15)17/h2-3,8,11,13,19H,4-7,9-10H2,1H3. The number of halogens is 2. The molecule has 0 bridgehead atoms. The molecule has 0 aromatic heterocycles. The lowest BCUT2D eigenvalue weighted by atomic mass is 9.99. The number of benzene rings is 1. The van der Waals surface area contributed by atoms with Gasteiger partial charge in [0, 0.05) is 11.6 Å². The molecule has 0 radical (unpaired) electrons. The molecule has 1 aliphatic rings. The van der Waals surface area contributed by atoms with Crippen LogP contribution in [-0.4, -0.2) is 42.4 Å². The van der Waals surface area contributed by atoms with Crippen molar-refractivity contribution in [3.05, 3.63) is 28.2 Å². The largest absolute Gasteiger partial charge is 0.489 e. The van der Waals surface area contributed by atoms with E-state index in [1.165, 1.54) is 12.8 Å². The SMILES string of the molecule is CC1CCN(CC(O)COc2ccc(Cl)cc2Cl)CC1. The van der Waals surface area contributed by atoms with E-state index in [2.05, 4.69) is 11.8 Å². The number of nitrogens with zero attached hydrogens (tertiary/aromatic N) is 1. The first-order chi connectivity index (χ1) is 9.54. The van der Waals surface area contributed by atoms with Gasteiger partial charge in [-0.3, -0.25) is 0 Å². The first-order valence-electron chi connectivity index (χ1n) is 7.03. The molecule has 1 unspecified atom stereocenters. The van der Waals surface area contributed by atoms with Crippen molar-refractivity contribution in [2.45, 2.75) is 25.9 Å². The molecule has 0 spiro atoms. The Kier molecular flexibility index (Phi) is 5.97. The summed E-state index contributed by atoms with van der Waals surface area (Å²) >= 11 is 11.8. The average molecular weight is 318 g/mol. The minimum absolute atomic E-state index is 0.243. The van der Waals surface area contributed by atoms with E-state index in [1.54, 1.807) is 18.2 Å². The number of likely N-dealkylation sites (tertiary alicyclic amines) is 1. The Balaban J connectivity index is 1.76.